The summed E-state index contributed by atoms with van der Waals surface area (Å²) in [7, 11) is 0. The standard InChI is InChI=1S/C28H31N3/c1-3-28(4-2)18-17-27-29-19-20-30(27)26-21-24(15-16-25(26)28)31(22-11-7-5-8-12-22)23-13-9-6-10-14-23/h5-16,19-21,27,29H,3-4,17-18H2,1-2H3. The van der Waals surface area contributed by atoms with Gasteiger partial charge in [0.25, 0.3) is 0 Å². The van der Waals surface area contributed by atoms with E-state index in [4.69, 9.17) is 0 Å². The first-order valence-electron chi connectivity index (χ1n) is 11.5. The smallest absolute Gasteiger partial charge is 0.103 e. The van der Waals surface area contributed by atoms with Crippen LogP contribution in [0.3, 0.4) is 0 Å². The molecule has 31 heavy (non-hydrogen) atoms. The minimum Gasteiger partial charge on any atom is -0.370 e. The molecule has 1 N–H and O–H groups in total. The number of hydrogen-bond donors (Lipinski definition) is 1. The minimum atomic E-state index is 0.234. The molecular formula is C28H31N3. The molecule has 0 aromatic heterocycles. The summed E-state index contributed by atoms with van der Waals surface area (Å²) in [5.74, 6) is 0. The number of para-hydroxylation sites is 2. The number of nitrogens with zero attached hydrogens (tertiary/aromatic N) is 2. The van der Waals surface area contributed by atoms with Crippen molar-refractivity contribution in [3.63, 3.8) is 0 Å². The third-order valence-electron chi connectivity index (χ3n) is 7.23. The third kappa shape index (κ3) is 3.38. The van der Waals surface area contributed by atoms with Crippen molar-refractivity contribution < 1.29 is 0 Å². The predicted octanol–water partition coefficient (Wildman–Crippen LogP) is 7.21. The zero-order valence-electron chi connectivity index (χ0n) is 18.5. The van der Waals surface area contributed by atoms with Crippen molar-refractivity contribution in [3.8, 4) is 0 Å². The Labute approximate surface area is 186 Å². The van der Waals surface area contributed by atoms with Gasteiger partial charge in [-0.1, -0.05) is 56.3 Å². The van der Waals surface area contributed by atoms with Crippen LogP contribution in [-0.2, 0) is 5.41 Å². The second-order valence-corrected chi connectivity index (χ2v) is 8.64. The Balaban J connectivity index is 1.69. The Hall–Kier alpha value is -3.20. The fourth-order valence-electron chi connectivity index (χ4n) is 5.34. The fourth-order valence-corrected chi connectivity index (χ4v) is 5.34. The Morgan fingerprint density at radius 2 is 1.52 bits per heavy atom. The summed E-state index contributed by atoms with van der Waals surface area (Å²) in [6, 6.07) is 28.4. The van der Waals surface area contributed by atoms with E-state index in [0.29, 0.717) is 6.17 Å². The number of nitrogens with one attached hydrogen (secondary N) is 1. The zero-order valence-corrected chi connectivity index (χ0v) is 18.5. The van der Waals surface area contributed by atoms with Crippen LogP contribution in [0.5, 0.6) is 0 Å². The summed E-state index contributed by atoms with van der Waals surface area (Å²) in [5, 5.41) is 3.57. The molecule has 0 fully saturated rings. The Kier molecular flexibility index (Phi) is 5.19. The molecule has 2 heterocycles. The summed E-state index contributed by atoms with van der Waals surface area (Å²) >= 11 is 0. The molecule has 5 rings (SSSR count). The molecule has 0 spiro atoms. The summed E-state index contributed by atoms with van der Waals surface area (Å²) in [4.78, 5) is 4.80. The maximum absolute atomic E-state index is 3.57. The predicted molar refractivity (Wildman–Crippen MR) is 131 cm³/mol. The van der Waals surface area contributed by atoms with Gasteiger partial charge in [-0.05, 0) is 73.1 Å². The number of fused-ring (bicyclic) bond motifs is 3. The summed E-state index contributed by atoms with van der Waals surface area (Å²) in [5.41, 5.74) is 6.59. The molecule has 0 amide bonds. The first-order valence-corrected chi connectivity index (χ1v) is 11.5. The van der Waals surface area contributed by atoms with Crippen molar-refractivity contribution in [1.29, 1.82) is 0 Å². The average molecular weight is 410 g/mol. The highest BCUT2D eigenvalue weighted by Gasteiger charge is 2.38. The van der Waals surface area contributed by atoms with Gasteiger partial charge in [-0.3, -0.25) is 0 Å². The van der Waals surface area contributed by atoms with Crippen LogP contribution in [0.4, 0.5) is 22.7 Å². The van der Waals surface area contributed by atoms with Crippen molar-refractivity contribution in [2.24, 2.45) is 0 Å². The van der Waals surface area contributed by atoms with Crippen LogP contribution in [0.15, 0.2) is 91.3 Å². The largest absolute Gasteiger partial charge is 0.370 e. The van der Waals surface area contributed by atoms with Gasteiger partial charge in [-0.2, -0.15) is 0 Å². The van der Waals surface area contributed by atoms with Crippen molar-refractivity contribution in [2.45, 2.75) is 51.1 Å². The number of benzene rings is 3. The lowest BCUT2D eigenvalue weighted by molar-refractivity contribution is 0.349. The number of hydrogen-bond acceptors (Lipinski definition) is 3. The maximum atomic E-state index is 3.57. The van der Waals surface area contributed by atoms with Gasteiger partial charge in [-0.25, -0.2) is 0 Å². The van der Waals surface area contributed by atoms with Crippen molar-refractivity contribution >= 4 is 22.7 Å². The first kappa shape index (κ1) is 19.7. The fraction of sp³-hybridized carbons (Fsp3) is 0.286. The van der Waals surface area contributed by atoms with Crippen molar-refractivity contribution in [1.82, 2.24) is 5.32 Å². The van der Waals surface area contributed by atoms with E-state index in [2.05, 4.69) is 120 Å². The second kappa shape index (κ2) is 8.14. The van der Waals surface area contributed by atoms with Crippen molar-refractivity contribution in [2.75, 3.05) is 9.80 Å². The normalized spacial score (nSPS) is 18.6. The van der Waals surface area contributed by atoms with Gasteiger partial charge in [0.05, 0.1) is 0 Å². The van der Waals surface area contributed by atoms with Gasteiger partial charge >= 0.3 is 0 Å². The van der Waals surface area contributed by atoms with Crippen LogP contribution in [0.2, 0.25) is 0 Å². The molecule has 3 nitrogen and oxygen atoms in total. The highest BCUT2D eigenvalue weighted by Crippen LogP contribution is 2.48. The highest BCUT2D eigenvalue weighted by atomic mass is 15.3. The van der Waals surface area contributed by atoms with E-state index in [1.165, 1.54) is 47.6 Å². The molecular weight excluding hydrogens is 378 g/mol. The summed E-state index contributed by atoms with van der Waals surface area (Å²) in [6.07, 6.45) is 9.35. The molecule has 158 valence electrons. The molecule has 0 radical (unpaired) electrons. The van der Waals surface area contributed by atoms with Crippen LogP contribution in [0.25, 0.3) is 0 Å². The SMILES string of the molecule is CCC1(CC)CCC2NC=CN2c2cc(N(c3ccccc3)c3ccccc3)ccc21. The molecule has 0 saturated heterocycles. The van der Waals surface area contributed by atoms with Crippen LogP contribution in [-0.4, -0.2) is 6.17 Å². The molecule has 1 atom stereocenters. The molecule has 1 unspecified atom stereocenters. The molecule has 0 saturated carbocycles. The number of rotatable bonds is 5. The van der Waals surface area contributed by atoms with Gasteiger partial charge in [-0.15, -0.1) is 0 Å². The van der Waals surface area contributed by atoms with Crippen LogP contribution in [0.1, 0.15) is 45.1 Å². The lowest BCUT2D eigenvalue weighted by atomic mass is 9.72. The van der Waals surface area contributed by atoms with E-state index in [9.17, 15) is 0 Å². The van der Waals surface area contributed by atoms with Gasteiger partial charge in [0.1, 0.15) is 6.17 Å². The lowest BCUT2D eigenvalue weighted by Gasteiger charge is -2.34. The van der Waals surface area contributed by atoms with Gasteiger partial charge in [0.2, 0.25) is 0 Å². The second-order valence-electron chi connectivity index (χ2n) is 8.64. The monoisotopic (exact) mass is 409 g/mol. The third-order valence-corrected chi connectivity index (χ3v) is 7.23. The van der Waals surface area contributed by atoms with Crippen LogP contribution < -0.4 is 15.1 Å². The topological polar surface area (TPSA) is 18.5 Å². The molecule has 3 aromatic carbocycles. The lowest BCUT2D eigenvalue weighted by Crippen LogP contribution is -2.34. The molecule has 2 aliphatic rings. The summed E-state index contributed by atoms with van der Waals surface area (Å²) < 4.78 is 0. The molecule has 3 heteroatoms. The van der Waals surface area contributed by atoms with E-state index < -0.39 is 0 Å². The summed E-state index contributed by atoms with van der Waals surface area (Å²) in [6.45, 7) is 4.70. The molecule has 0 bridgehead atoms. The van der Waals surface area contributed by atoms with E-state index in [1.54, 1.807) is 0 Å². The molecule has 3 aromatic rings. The minimum absolute atomic E-state index is 0.234. The van der Waals surface area contributed by atoms with Crippen LogP contribution >= 0.6 is 0 Å². The van der Waals surface area contributed by atoms with E-state index in [1.807, 2.05) is 0 Å². The van der Waals surface area contributed by atoms with E-state index in [0.717, 1.165) is 6.42 Å². The van der Waals surface area contributed by atoms with Gasteiger partial charge < -0.3 is 15.1 Å². The average Bonchev–Trinajstić information content (AvgIpc) is 3.26. The highest BCUT2D eigenvalue weighted by molar-refractivity contribution is 5.80. The molecule has 0 aliphatic carbocycles. The Bertz CT molecular complexity index is 1010. The maximum Gasteiger partial charge on any atom is 0.103 e. The van der Waals surface area contributed by atoms with E-state index >= 15 is 0 Å². The Morgan fingerprint density at radius 3 is 2.13 bits per heavy atom. The Morgan fingerprint density at radius 1 is 0.871 bits per heavy atom. The number of anilines is 4. The van der Waals surface area contributed by atoms with Gasteiger partial charge in [0.15, 0.2) is 0 Å². The zero-order chi connectivity index (χ0) is 21.3. The first-order chi connectivity index (χ1) is 15.3. The van der Waals surface area contributed by atoms with Gasteiger partial charge in [0, 0.05) is 35.1 Å². The van der Waals surface area contributed by atoms with Crippen molar-refractivity contribution in [3.05, 3.63) is 96.8 Å². The van der Waals surface area contributed by atoms with E-state index in [-0.39, 0.29) is 5.41 Å². The quantitative estimate of drug-likeness (QED) is 0.480. The van der Waals surface area contributed by atoms with Crippen LogP contribution in [0, 0.1) is 0 Å². The molecule has 2 aliphatic heterocycles.